The van der Waals surface area contributed by atoms with Gasteiger partial charge in [0.1, 0.15) is 5.75 Å². The molecule has 7 heteroatoms. The number of benzene rings is 2. The Balaban J connectivity index is 1.58. The molecule has 0 saturated carbocycles. The zero-order valence-corrected chi connectivity index (χ0v) is 16.5. The van der Waals surface area contributed by atoms with Gasteiger partial charge in [0.15, 0.2) is 11.2 Å². The average molecular weight is 393 g/mol. The Hall–Kier alpha value is -3.19. The highest BCUT2D eigenvalue weighted by atomic mass is 32.1. The number of carbonyl (C=O) groups is 2. The van der Waals surface area contributed by atoms with Gasteiger partial charge in [0.2, 0.25) is 0 Å². The number of nitrogens with zero attached hydrogens (tertiary/aromatic N) is 2. The summed E-state index contributed by atoms with van der Waals surface area (Å²) in [5.41, 5.74) is 3.82. The van der Waals surface area contributed by atoms with Crippen molar-refractivity contribution in [1.82, 2.24) is 4.98 Å². The second-order valence-electron chi connectivity index (χ2n) is 6.65. The number of aromatic nitrogens is 1. The number of nitrogens with one attached hydrogen (secondary N) is 1. The summed E-state index contributed by atoms with van der Waals surface area (Å²) in [6.45, 7) is 3.63. The van der Waals surface area contributed by atoms with E-state index in [1.54, 1.807) is 24.9 Å². The van der Waals surface area contributed by atoms with Crippen molar-refractivity contribution in [2.24, 2.45) is 0 Å². The van der Waals surface area contributed by atoms with Crippen LogP contribution < -0.4 is 15.0 Å². The molecule has 4 rings (SSSR count). The van der Waals surface area contributed by atoms with Crippen molar-refractivity contribution in [3.63, 3.8) is 0 Å². The van der Waals surface area contributed by atoms with Gasteiger partial charge < -0.3 is 9.64 Å². The van der Waals surface area contributed by atoms with Crippen molar-refractivity contribution >= 4 is 34.0 Å². The van der Waals surface area contributed by atoms with Crippen LogP contribution in [-0.4, -0.2) is 29.9 Å². The first-order valence-corrected chi connectivity index (χ1v) is 9.73. The molecule has 0 saturated heterocycles. The molecule has 2 heterocycles. The standard InChI is InChI=1S/C21H19N3O3S/c1-12-6-4-5-7-15(12)19(25)23-21-22-16(11-28-21)14-8-9-18-17(10-14)24(3)20(26)13(2)27-18/h4-11,13H,1-3H3,(H,22,23,25)/t13-/m1/s1. The van der Waals surface area contributed by atoms with E-state index in [-0.39, 0.29) is 11.8 Å². The number of ether oxygens (including phenoxy) is 1. The van der Waals surface area contributed by atoms with Gasteiger partial charge in [-0.15, -0.1) is 11.3 Å². The first-order chi connectivity index (χ1) is 13.4. The maximum absolute atomic E-state index is 12.5. The van der Waals surface area contributed by atoms with Crippen molar-refractivity contribution in [2.45, 2.75) is 20.0 Å². The molecule has 142 valence electrons. The molecule has 0 aliphatic carbocycles. The molecule has 3 aromatic rings. The first kappa shape index (κ1) is 18.2. The Bertz CT molecular complexity index is 1080. The largest absolute Gasteiger partial charge is 0.479 e. The van der Waals surface area contributed by atoms with Crippen LogP contribution in [0.5, 0.6) is 5.75 Å². The van der Waals surface area contributed by atoms with Crippen LogP contribution in [0.15, 0.2) is 47.8 Å². The minimum atomic E-state index is -0.495. The van der Waals surface area contributed by atoms with E-state index in [9.17, 15) is 9.59 Å². The van der Waals surface area contributed by atoms with Crippen molar-refractivity contribution in [1.29, 1.82) is 0 Å². The molecule has 1 N–H and O–H groups in total. The lowest BCUT2D eigenvalue weighted by molar-refractivity contribution is -0.125. The number of carbonyl (C=O) groups excluding carboxylic acids is 2. The van der Waals surface area contributed by atoms with E-state index in [1.807, 2.05) is 48.7 Å². The molecule has 0 fully saturated rings. The minimum absolute atomic E-state index is 0.0888. The topological polar surface area (TPSA) is 71.5 Å². The van der Waals surface area contributed by atoms with Crippen LogP contribution in [0.3, 0.4) is 0 Å². The molecule has 0 unspecified atom stereocenters. The number of rotatable bonds is 3. The van der Waals surface area contributed by atoms with Crippen LogP contribution in [0.25, 0.3) is 11.3 Å². The highest BCUT2D eigenvalue weighted by Crippen LogP contribution is 2.37. The number of aryl methyl sites for hydroxylation is 1. The quantitative estimate of drug-likeness (QED) is 0.727. The van der Waals surface area contributed by atoms with Gasteiger partial charge in [0.05, 0.1) is 11.4 Å². The normalized spacial score (nSPS) is 15.8. The molecule has 0 bridgehead atoms. The Labute approximate surface area is 166 Å². The van der Waals surface area contributed by atoms with E-state index in [0.29, 0.717) is 22.1 Å². The SMILES string of the molecule is Cc1ccccc1C(=O)Nc1nc(-c2ccc3c(c2)N(C)C(=O)[C@@H](C)O3)cs1. The van der Waals surface area contributed by atoms with E-state index < -0.39 is 6.10 Å². The number of likely N-dealkylation sites (N-methyl/N-ethyl adjacent to an activating group) is 1. The first-order valence-electron chi connectivity index (χ1n) is 8.85. The summed E-state index contributed by atoms with van der Waals surface area (Å²) in [5, 5.41) is 5.25. The Morgan fingerprint density at radius 3 is 2.82 bits per heavy atom. The Morgan fingerprint density at radius 2 is 2.04 bits per heavy atom. The zero-order chi connectivity index (χ0) is 19.8. The van der Waals surface area contributed by atoms with E-state index >= 15 is 0 Å². The van der Waals surface area contributed by atoms with Gasteiger partial charge in [-0.3, -0.25) is 14.9 Å². The summed E-state index contributed by atoms with van der Waals surface area (Å²) in [6, 6.07) is 13.0. The molecule has 6 nitrogen and oxygen atoms in total. The smallest absolute Gasteiger partial charge is 0.267 e. The lowest BCUT2D eigenvalue weighted by atomic mass is 10.1. The highest BCUT2D eigenvalue weighted by Gasteiger charge is 2.29. The van der Waals surface area contributed by atoms with Crippen LogP contribution in [0.1, 0.15) is 22.8 Å². The maximum atomic E-state index is 12.5. The van der Waals surface area contributed by atoms with Gasteiger partial charge in [0.25, 0.3) is 11.8 Å². The lowest BCUT2D eigenvalue weighted by Gasteiger charge is -2.30. The number of thiazole rings is 1. The van der Waals surface area contributed by atoms with Gasteiger partial charge in [0, 0.05) is 23.6 Å². The molecule has 1 aliphatic heterocycles. The molecule has 1 aliphatic rings. The third kappa shape index (κ3) is 3.25. The summed E-state index contributed by atoms with van der Waals surface area (Å²) < 4.78 is 5.66. The van der Waals surface area contributed by atoms with Crippen LogP contribution in [-0.2, 0) is 4.79 Å². The molecule has 2 aromatic carbocycles. The summed E-state index contributed by atoms with van der Waals surface area (Å²) in [5.74, 6) is 0.396. The van der Waals surface area contributed by atoms with Gasteiger partial charge in [-0.05, 0) is 43.7 Å². The summed E-state index contributed by atoms with van der Waals surface area (Å²) >= 11 is 1.36. The van der Waals surface area contributed by atoms with Crippen LogP contribution >= 0.6 is 11.3 Å². The third-order valence-electron chi connectivity index (χ3n) is 4.71. The number of hydrogen-bond acceptors (Lipinski definition) is 5. The predicted octanol–water partition coefficient (Wildman–Crippen LogP) is 4.11. The fraction of sp³-hybridized carbons (Fsp3) is 0.190. The average Bonchev–Trinajstić information content (AvgIpc) is 3.15. The van der Waals surface area contributed by atoms with Gasteiger partial charge >= 0.3 is 0 Å². The van der Waals surface area contributed by atoms with E-state index in [4.69, 9.17) is 4.74 Å². The second-order valence-corrected chi connectivity index (χ2v) is 7.50. The third-order valence-corrected chi connectivity index (χ3v) is 5.47. The fourth-order valence-electron chi connectivity index (χ4n) is 3.13. The van der Waals surface area contributed by atoms with E-state index in [2.05, 4.69) is 10.3 Å². The number of amides is 2. The fourth-order valence-corrected chi connectivity index (χ4v) is 3.84. The molecule has 1 aromatic heterocycles. The minimum Gasteiger partial charge on any atom is -0.479 e. The Kier molecular flexibility index (Phi) is 4.60. The number of fused-ring (bicyclic) bond motifs is 1. The Morgan fingerprint density at radius 1 is 1.25 bits per heavy atom. The molecule has 28 heavy (non-hydrogen) atoms. The van der Waals surface area contributed by atoms with Crippen LogP contribution in [0.2, 0.25) is 0 Å². The molecular weight excluding hydrogens is 374 g/mol. The van der Waals surface area contributed by atoms with Crippen molar-refractivity contribution < 1.29 is 14.3 Å². The molecule has 1 atom stereocenters. The summed E-state index contributed by atoms with van der Waals surface area (Å²) in [6.07, 6.45) is -0.495. The summed E-state index contributed by atoms with van der Waals surface area (Å²) in [7, 11) is 1.73. The molecule has 0 spiro atoms. The van der Waals surface area contributed by atoms with E-state index in [0.717, 1.165) is 16.8 Å². The van der Waals surface area contributed by atoms with Crippen LogP contribution in [0, 0.1) is 6.92 Å². The molecule has 2 amide bonds. The van der Waals surface area contributed by atoms with E-state index in [1.165, 1.54) is 11.3 Å². The maximum Gasteiger partial charge on any atom is 0.267 e. The van der Waals surface area contributed by atoms with Crippen molar-refractivity contribution in [3.05, 3.63) is 59.0 Å². The number of hydrogen-bond donors (Lipinski definition) is 1. The summed E-state index contributed by atoms with van der Waals surface area (Å²) in [4.78, 5) is 30.8. The lowest BCUT2D eigenvalue weighted by Crippen LogP contribution is -2.41. The highest BCUT2D eigenvalue weighted by molar-refractivity contribution is 7.14. The van der Waals surface area contributed by atoms with Crippen molar-refractivity contribution in [2.75, 3.05) is 17.3 Å². The molecule has 0 radical (unpaired) electrons. The van der Waals surface area contributed by atoms with Crippen molar-refractivity contribution in [3.8, 4) is 17.0 Å². The monoisotopic (exact) mass is 393 g/mol. The zero-order valence-electron chi connectivity index (χ0n) is 15.7. The second kappa shape index (κ2) is 7.09. The predicted molar refractivity (Wildman–Crippen MR) is 110 cm³/mol. The number of anilines is 2. The van der Waals surface area contributed by atoms with Gasteiger partial charge in [-0.1, -0.05) is 18.2 Å². The molecular formula is C21H19N3O3S. The van der Waals surface area contributed by atoms with Gasteiger partial charge in [-0.25, -0.2) is 4.98 Å². The van der Waals surface area contributed by atoms with Crippen LogP contribution in [0.4, 0.5) is 10.8 Å². The van der Waals surface area contributed by atoms with Gasteiger partial charge in [-0.2, -0.15) is 0 Å².